The molecule has 3 aliphatic rings. The highest BCUT2D eigenvalue weighted by molar-refractivity contribution is 5.87. The van der Waals surface area contributed by atoms with E-state index in [1.54, 1.807) is 10.4 Å². The molecular weight excluding hydrogens is 470 g/mol. The van der Waals surface area contributed by atoms with Crippen LogP contribution in [0.15, 0.2) is 30.3 Å². The maximum absolute atomic E-state index is 13.4. The van der Waals surface area contributed by atoms with Crippen LogP contribution in [0, 0.1) is 11.8 Å². The van der Waals surface area contributed by atoms with Crippen molar-refractivity contribution in [2.75, 3.05) is 57.3 Å². The maximum Gasteiger partial charge on any atom is 0.410 e. The van der Waals surface area contributed by atoms with Gasteiger partial charge in [0.05, 0.1) is 11.8 Å². The molecule has 196 valence electrons. The zero-order chi connectivity index (χ0) is 25.7. The van der Waals surface area contributed by atoms with Crippen LogP contribution in [0.1, 0.15) is 19.3 Å². The number of amides is 4. The van der Waals surface area contributed by atoms with Gasteiger partial charge in [-0.2, -0.15) is 0 Å². The van der Waals surface area contributed by atoms with Crippen LogP contribution in [0.3, 0.4) is 0 Å². The number of hydrogen-bond donors (Lipinski definition) is 3. The first-order valence-electron chi connectivity index (χ1n) is 12.3. The van der Waals surface area contributed by atoms with Crippen LogP contribution >= 0.6 is 0 Å². The Kier molecular flexibility index (Phi) is 8.14. The van der Waals surface area contributed by atoms with E-state index in [4.69, 9.17) is 9.84 Å². The summed E-state index contributed by atoms with van der Waals surface area (Å²) in [6.07, 6.45) is -1.23. The van der Waals surface area contributed by atoms with Crippen LogP contribution in [0.25, 0.3) is 0 Å². The number of hydrogen-bond acceptors (Lipinski definition) is 7. The van der Waals surface area contributed by atoms with Crippen molar-refractivity contribution in [3.05, 3.63) is 30.3 Å². The lowest BCUT2D eigenvalue weighted by Gasteiger charge is -2.41. The monoisotopic (exact) mass is 503 g/mol. The van der Waals surface area contributed by atoms with E-state index in [0.29, 0.717) is 39.0 Å². The highest BCUT2D eigenvalue weighted by Crippen LogP contribution is 2.34. The molecule has 0 radical (unpaired) electrons. The second-order valence-corrected chi connectivity index (χ2v) is 9.41. The molecule has 12 nitrogen and oxygen atoms in total. The summed E-state index contributed by atoms with van der Waals surface area (Å²) in [6.45, 7) is 3.33. The summed E-state index contributed by atoms with van der Waals surface area (Å²) in [5, 5.41) is 18.4. The van der Waals surface area contributed by atoms with Crippen molar-refractivity contribution in [3.63, 3.8) is 0 Å². The number of carbonyl (C=O) groups excluding carboxylic acids is 3. The summed E-state index contributed by atoms with van der Waals surface area (Å²) >= 11 is 0. The van der Waals surface area contributed by atoms with E-state index < -0.39 is 36.0 Å². The molecule has 2 aliphatic heterocycles. The predicted octanol–water partition coefficient (Wildman–Crippen LogP) is 1.06. The Hall–Kier alpha value is -3.54. The van der Waals surface area contributed by atoms with Gasteiger partial charge in [0, 0.05) is 58.0 Å². The van der Waals surface area contributed by atoms with Gasteiger partial charge in [0.15, 0.2) is 0 Å². The highest BCUT2D eigenvalue weighted by Gasteiger charge is 2.43. The molecule has 4 rings (SSSR count). The van der Waals surface area contributed by atoms with E-state index in [2.05, 4.69) is 4.90 Å². The minimum Gasteiger partial charge on any atom is -0.465 e. The van der Waals surface area contributed by atoms with Gasteiger partial charge in [0.2, 0.25) is 11.8 Å². The van der Waals surface area contributed by atoms with Crippen molar-refractivity contribution < 1.29 is 34.2 Å². The average molecular weight is 504 g/mol. The molecule has 12 heteroatoms. The molecule has 0 spiro atoms. The first-order chi connectivity index (χ1) is 17.4. The van der Waals surface area contributed by atoms with Gasteiger partial charge in [-0.25, -0.2) is 15.1 Å². The molecule has 1 aliphatic carbocycles. The average Bonchev–Trinajstić information content (AvgIpc) is 2.92. The molecule has 0 unspecified atom stereocenters. The summed E-state index contributed by atoms with van der Waals surface area (Å²) in [4.78, 5) is 56.2. The number of piperazine rings is 2. The number of nitrogens with one attached hydrogen (secondary N) is 1. The van der Waals surface area contributed by atoms with Gasteiger partial charge in [0.1, 0.15) is 6.10 Å². The molecule has 4 amide bonds. The molecule has 3 N–H and O–H groups in total. The van der Waals surface area contributed by atoms with Crippen molar-refractivity contribution >= 4 is 29.7 Å². The zero-order valence-electron chi connectivity index (χ0n) is 20.1. The SMILES string of the molecule is O=C(NO)[C@H]1C[C@H](OC(=O)N2CCN(C(=O)O)CC2)CC[C@@H]1C(=O)N1CCN(c2ccccc2)CC1. The molecule has 2 saturated heterocycles. The molecule has 1 aromatic carbocycles. The fourth-order valence-electron chi connectivity index (χ4n) is 5.26. The van der Waals surface area contributed by atoms with E-state index >= 15 is 0 Å². The number of carbonyl (C=O) groups is 4. The molecule has 3 atom stereocenters. The summed E-state index contributed by atoms with van der Waals surface area (Å²) in [5.41, 5.74) is 2.78. The Morgan fingerprint density at radius 3 is 2.03 bits per heavy atom. The minimum absolute atomic E-state index is 0.120. The summed E-state index contributed by atoms with van der Waals surface area (Å²) < 4.78 is 5.62. The lowest BCUT2D eigenvalue weighted by molar-refractivity contribution is -0.149. The lowest BCUT2D eigenvalue weighted by atomic mass is 9.76. The summed E-state index contributed by atoms with van der Waals surface area (Å²) in [6, 6.07) is 9.99. The van der Waals surface area contributed by atoms with Crippen molar-refractivity contribution in [3.8, 4) is 0 Å². The number of benzene rings is 1. The molecule has 1 saturated carbocycles. The third-order valence-electron chi connectivity index (χ3n) is 7.35. The molecule has 0 aromatic heterocycles. The molecule has 3 fully saturated rings. The third kappa shape index (κ3) is 5.81. The van der Waals surface area contributed by atoms with Gasteiger partial charge in [-0.05, 0) is 31.4 Å². The van der Waals surface area contributed by atoms with Crippen molar-refractivity contribution in [2.45, 2.75) is 25.4 Å². The fraction of sp³-hybridized carbons (Fsp3) is 0.583. The first-order valence-corrected chi connectivity index (χ1v) is 12.3. The van der Waals surface area contributed by atoms with E-state index in [-0.39, 0.29) is 38.5 Å². The molecule has 36 heavy (non-hydrogen) atoms. The van der Waals surface area contributed by atoms with Gasteiger partial charge in [-0.1, -0.05) is 18.2 Å². The third-order valence-corrected chi connectivity index (χ3v) is 7.35. The normalized spacial score (nSPS) is 24.8. The molecule has 0 bridgehead atoms. The lowest BCUT2D eigenvalue weighted by Crippen LogP contribution is -2.54. The maximum atomic E-state index is 13.4. The van der Waals surface area contributed by atoms with Gasteiger partial charge in [-0.15, -0.1) is 0 Å². The second kappa shape index (κ2) is 11.5. The standard InChI is InChI=1S/C24H33N5O7/c30-21(25-35)20-16-18(36-24(34)29-14-12-28(13-15-29)23(32)33)6-7-19(20)22(31)27-10-8-26(9-11-27)17-4-2-1-3-5-17/h1-5,18-20,35H,6-16H2,(H,25,30)(H,32,33)/t18-,19+,20+/m1/s1. The Morgan fingerprint density at radius 1 is 0.806 bits per heavy atom. The number of para-hydroxylation sites is 1. The smallest absolute Gasteiger partial charge is 0.410 e. The fourth-order valence-corrected chi connectivity index (χ4v) is 5.26. The van der Waals surface area contributed by atoms with Crippen molar-refractivity contribution in [1.29, 1.82) is 0 Å². The molecule has 1 aromatic rings. The Morgan fingerprint density at radius 2 is 1.42 bits per heavy atom. The summed E-state index contributed by atoms with van der Waals surface area (Å²) in [7, 11) is 0. The van der Waals surface area contributed by atoms with Crippen LogP contribution in [-0.4, -0.2) is 107 Å². The largest absolute Gasteiger partial charge is 0.465 e. The number of carboxylic acid groups (broad SMARTS) is 1. The van der Waals surface area contributed by atoms with Gasteiger partial charge < -0.3 is 29.4 Å². The van der Waals surface area contributed by atoms with Gasteiger partial charge in [-0.3, -0.25) is 14.8 Å². The van der Waals surface area contributed by atoms with Crippen LogP contribution in [0.5, 0.6) is 0 Å². The van der Waals surface area contributed by atoms with Crippen LogP contribution in [-0.2, 0) is 14.3 Å². The van der Waals surface area contributed by atoms with Crippen LogP contribution < -0.4 is 10.4 Å². The van der Waals surface area contributed by atoms with Gasteiger partial charge >= 0.3 is 12.2 Å². The number of ether oxygens (including phenoxy) is 1. The van der Waals surface area contributed by atoms with E-state index in [1.165, 1.54) is 9.80 Å². The van der Waals surface area contributed by atoms with Gasteiger partial charge in [0.25, 0.3) is 0 Å². The molecule has 2 heterocycles. The second-order valence-electron chi connectivity index (χ2n) is 9.41. The predicted molar refractivity (Wildman–Crippen MR) is 127 cm³/mol. The Labute approximate surface area is 209 Å². The number of anilines is 1. The highest BCUT2D eigenvalue weighted by atomic mass is 16.6. The topological polar surface area (TPSA) is 143 Å². The van der Waals surface area contributed by atoms with E-state index in [9.17, 15) is 24.4 Å². The van der Waals surface area contributed by atoms with Crippen molar-refractivity contribution in [1.82, 2.24) is 20.2 Å². The zero-order valence-corrected chi connectivity index (χ0v) is 20.1. The van der Waals surface area contributed by atoms with Crippen LogP contribution in [0.2, 0.25) is 0 Å². The minimum atomic E-state index is -1.02. The first kappa shape index (κ1) is 25.5. The number of rotatable bonds is 4. The number of nitrogens with zero attached hydrogens (tertiary/aromatic N) is 4. The van der Waals surface area contributed by atoms with Crippen molar-refractivity contribution in [2.24, 2.45) is 11.8 Å². The number of hydroxylamine groups is 1. The van der Waals surface area contributed by atoms with E-state index in [1.807, 2.05) is 30.3 Å². The summed E-state index contributed by atoms with van der Waals surface area (Å²) in [5.74, 6) is -2.20. The van der Waals surface area contributed by atoms with Crippen LogP contribution in [0.4, 0.5) is 15.3 Å². The quantitative estimate of drug-likeness (QED) is 0.409. The Balaban J connectivity index is 1.32. The van der Waals surface area contributed by atoms with E-state index in [0.717, 1.165) is 5.69 Å². The molecular formula is C24H33N5O7. The Bertz CT molecular complexity index is 945.